The minimum atomic E-state index is -0.239. The second kappa shape index (κ2) is 9.86. The van der Waals surface area contributed by atoms with Crippen LogP contribution >= 0.6 is 31.9 Å². The van der Waals surface area contributed by atoms with Crippen LogP contribution in [-0.4, -0.2) is 32.8 Å². The molecule has 10 heteroatoms. The average Bonchev–Trinajstić information content (AvgIpc) is 2.63. The molecule has 2 rings (SSSR count). The molecular weight excluding hydrogens is 472 g/mol. The molecule has 0 N–H and O–H groups in total. The van der Waals surface area contributed by atoms with Crippen LogP contribution in [0.5, 0.6) is 11.5 Å². The molecule has 0 atom stereocenters. The summed E-state index contributed by atoms with van der Waals surface area (Å²) in [5, 5.41) is 8.13. The summed E-state index contributed by atoms with van der Waals surface area (Å²) < 4.78 is 14.5. The predicted molar refractivity (Wildman–Crippen MR) is 104 cm³/mol. The van der Waals surface area contributed by atoms with Gasteiger partial charge in [-0.15, -0.1) is 0 Å². The van der Waals surface area contributed by atoms with E-state index in [2.05, 4.69) is 42.1 Å². The van der Waals surface area contributed by atoms with Gasteiger partial charge in [0.25, 0.3) is 11.1 Å². The molecular formula is C16H20Br2N4O4. The zero-order valence-corrected chi connectivity index (χ0v) is 17.7. The van der Waals surface area contributed by atoms with Crippen molar-refractivity contribution >= 4 is 31.9 Å². The van der Waals surface area contributed by atoms with Gasteiger partial charge in [-0.05, 0) is 44.7 Å². The fourth-order valence-electron chi connectivity index (χ4n) is 2.15. The van der Waals surface area contributed by atoms with Gasteiger partial charge in [0.2, 0.25) is 0 Å². The van der Waals surface area contributed by atoms with E-state index >= 15 is 0 Å². The molecule has 2 aromatic rings. The summed E-state index contributed by atoms with van der Waals surface area (Å²) in [7, 11) is 0. The maximum atomic E-state index is 12.1. The van der Waals surface area contributed by atoms with Crippen LogP contribution in [0.1, 0.15) is 26.7 Å². The molecule has 0 aliphatic rings. The van der Waals surface area contributed by atoms with Crippen molar-refractivity contribution in [1.82, 2.24) is 19.6 Å². The molecule has 0 radical (unpaired) electrons. The highest BCUT2D eigenvalue weighted by atomic mass is 79.9. The number of nitrogens with zero attached hydrogens (tertiary/aromatic N) is 4. The molecule has 8 nitrogen and oxygen atoms in total. The van der Waals surface area contributed by atoms with Crippen molar-refractivity contribution in [3.8, 4) is 11.5 Å². The average molecular weight is 492 g/mol. The Morgan fingerprint density at radius 3 is 1.58 bits per heavy atom. The maximum Gasteiger partial charge on any atom is 0.284 e. The Bertz CT molecular complexity index is 795. The van der Waals surface area contributed by atoms with Crippen molar-refractivity contribution in [2.45, 2.75) is 39.8 Å². The number of halogens is 2. The molecule has 0 aliphatic heterocycles. The van der Waals surface area contributed by atoms with Crippen molar-refractivity contribution in [2.75, 3.05) is 13.2 Å². The summed E-state index contributed by atoms with van der Waals surface area (Å²) in [6.45, 7) is 5.40. The highest BCUT2D eigenvalue weighted by Crippen LogP contribution is 2.20. The van der Waals surface area contributed by atoms with Crippen molar-refractivity contribution < 1.29 is 9.47 Å². The van der Waals surface area contributed by atoms with E-state index in [-0.39, 0.29) is 24.3 Å². The molecule has 0 saturated carbocycles. The molecule has 2 heterocycles. The van der Waals surface area contributed by atoms with Crippen molar-refractivity contribution in [2.24, 2.45) is 0 Å². The van der Waals surface area contributed by atoms with E-state index in [0.29, 0.717) is 33.5 Å². The molecule has 142 valence electrons. The summed E-state index contributed by atoms with van der Waals surface area (Å²) in [6.07, 6.45) is 4.61. The van der Waals surface area contributed by atoms with Gasteiger partial charge in [-0.25, -0.2) is 9.36 Å². The van der Waals surface area contributed by atoms with E-state index in [0.717, 1.165) is 12.8 Å². The molecule has 2 aromatic heterocycles. The fourth-order valence-corrected chi connectivity index (χ4v) is 2.99. The second-order valence-corrected chi connectivity index (χ2v) is 6.99. The Hall–Kier alpha value is -1.68. The lowest BCUT2D eigenvalue weighted by Gasteiger charge is -2.11. The summed E-state index contributed by atoms with van der Waals surface area (Å²) in [6, 6.07) is 0. The SMILES string of the molecule is CCCn1ncc(OCCOc2cnn(CCC)c(=O)c2Br)c(Br)c1=O. The van der Waals surface area contributed by atoms with Crippen LogP contribution in [0.25, 0.3) is 0 Å². The summed E-state index contributed by atoms with van der Waals surface area (Å²) in [4.78, 5) is 24.2. The smallest absolute Gasteiger partial charge is 0.284 e. The maximum absolute atomic E-state index is 12.1. The molecule has 0 spiro atoms. The van der Waals surface area contributed by atoms with Gasteiger partial charge in [-0.3, -0.25) is 9.59 Å². The third kappa shape index (κ3) is 4.94. The first-order chi connectivity index (χ1) is 12.5. The van der Waals surface area contributed by atoms with Gasteiger partial charge in [0, 0.05) is 13.1 Å². The van der Waals surface area contributed by atoms with E-state index in [1.165, 1.54) is 21.8 Å². The van der Waals surface area contributed by atoms with Crippen LogP contribution in [0.2, 0.25) is 0 Å². The highest BCUT2D eigenvalue weighted by Gasteiger charge is 2.11. The van der Waals surface area contributed by atoms with Gasteiger partial charge in [0.1, 0.15) is 22.2 Å². The van der Waals surface area contributed by atoms with Crippen molar-refractivity contribution in [1.29, 1.82) is 0 Å². The van der Waals surface area contributed by atoms with Crippen molar-refractivity contribution in [3.63, 3.8) is 0 Å². The van der Waals surface area contributed by atoms with E-state index in [1.807, 2.05) is 13.8 Å². The highest BCUT2D eigenvalue weighted by molar-refractivity contribution is 9.10. The first-order valence-electron chi connectivity index (χ1n) is 8.26. The quantitative estimate of drug-likeness (QED) is 0.501. The van der Waals surface area contributed by atoms with Gasteiger partial charge < -0.3 is 9.47 Å². The molecule has 26 heavy (non-hydrogen) atoms. The lowest BCUT2D eigenvalue weighted by molar-refractivity contribution is 0.212. The normalized spacial score (nSPS) is 10.8. The largest absolute Gasteiger partial charge is 0.487 e. The number of aryl methyl sites for hydroxylation is 2. The second-order valence-electron chi connectivity index (χ2n) is 5.40. The topological polar surface area (TPSA) is 88.2 Å². The molecule has 0 aromatic carbocycles. The number of ether oxygens (including phenoxy) is 2. The van der Waals surface area contributed by atoms with Crippen molar-refractivity contribution in [3.05, 3.63) is 42.0 Å². The monoisotopic (exact) mass is 490 g/mol. The Morgan fingerprint density at radius 2 is 1.23 bits per heavy atom. The Kier molecular flexibility index (Phi) is 7.83. The zero-order chi connectivity index (χ0) is 19.1. The van der Waals surface area contributed by atoms with Gasteiger partial charge in [-0.1, -0.05) is 13.8 Å². The minimum Gasteiger partial charge on any atom is -0.487 e. The Labute approximate surface area is 167 Å². The molecule has 0 unspecified atom stereocenters. The Morgan fingerprint density at radius 1 is 0.846 bits per heavy atom. The van der Waals surface area contributed by atoms with E-state index in [4.69, 9.17) is 9.47 Å². The standard InChI is InChI=1S/C16H20Br2N4O4/c1-3-5-21-15(23)13(17)11(9-19-21)25-7-8-26-12-10-20-22(6-4-2)16(24)14(12)18/h9-10H,3-8H2,1-2H3. The zero-order valence-electron chi connectivity index (χ0n) is 14.6. The number of rotatable bonds is 9. The van der Waals surface area contributed by atoms with E-state index < -0.39 is 0 Å². The Balaban J connectivity index is 1.95. The lowest BCUT2D eigenvalue weighted by Crippen LogP contribution is -2.25. The fraction of sp³-hybridized carbons (Fsp3) is 0.500. The summed E-state index contributed by atoms with van der Waals surface area (Å²) in [5.74, 6) is 0.697. The van der Waals surface area contributed by atoms with E-state index in [9.17, 15) is 9.59 Å². The third-order valence-electron chi connectivity index (χ3n) is 3.38. The van der Waals surface area contributed by atoms with Gasteiger partial charge >= 0.3 is 0 Å². The first kappa shape index (κ1) is 20.6. The number of aromatic nitrogens is 4. The van der Waals surface area contributed by atoms with Crippen LogP contribution in [0.4, 0.5) is 0 Å². The third-order valence-corrected chi connectivity index (χ3v) is 4.84. The summed E-state index contributed by atoms with van der Waals surface area (Å²) in [5.41, 5.74) is -0.478. The molecule has 0 bridgehead atoms. The van der Waals surface area contributed by atoms with Gasteiger partial charge in [0.15, 0.2) is 11.5 Å². The first-order valence-corrected chi connectivity index (χ1v) is 9.85. The van der Waals surface area contributed by atoms with Gasteiger partial charge in [-0.2, -0.15) is 10.2 Å². The number of hydrogen-bond acceptors (Lipinski definition) is 6. The van der Waals surface area contributed by atoms with Crippen LogP contribution in [0.3, 0.4) is 0 Å². The van der Waals surface area contributed by atoms with Crippen LogP contribution < -0.4 is 20.6 Å². The predicted octanol–water partition coefficient (Wildman–Crippen LogP) is 2.60. The molecule has 0 fully saturated rings. The molecule has 0 saturated heterocycles. The van der Waals surface area contributed by atoms with Crippen LogP contribution in [0.15, 0.2) is 30.9 Å². The minimum absolute atomic E-state index is 0.183. The van der Waals surface area contributed by atoms with Crippen LogP contribution in [-0.2, 0) is 13.1 Å². The summed E-state index contributed by atoms with van der Waals surface area (Å²) >= 11 is 6.48. The lowest BCUT2D eigenvalue weighted by atomic mass is 10.4. The molecule has 0 aliphatic carbocycles. The van der Waals surface area contributed by atoms with E-state index in [1.54, 1.807) is 0 Å². The van der Waals surface area contributed by atoms with Gasteiger partial charge in [0.05, 0.1) is 12.4 Å². The molecule has 0 amide bonds. The van der Waals surface area contributed by atoms with Crippen LogP contribution in [0, 0.1) is 0 Å². The number of hydrogen-bond donors (Lipinski definition) is 0.